The van der Waals surface area contributed by atoms with Crippen LogP contribution in [0, 0.1) is 10.1 Å². The van der Waals surface area contributed by atoms with Gasteiger partial charge in [-0.2, -0.15) is 13.2 Å². The molecule has 29 heavy (non-hydrogen) atoms. The maximum atomic E-state index is 13.6. The number of hydrogen-bond donors (Lipinski definition) is 2. The minimum atomic E-state index is -5.17. The number of nitro benzene ring substituents is 1. The van der Waals surface area contributed by atoms with E-state index in [2.05, 4.69) is 5.32 Å². The predicted octanol–water partition coefficient (Wildman–Crippen LogP) is 4.07. The molecule has 1 aliphatic rings. The average Bonchev–Trinajstić information content (AvgIpc) is 2.99. The molecule has 2 N–H and O–H groups in total. The van der Waals surface area contributed by atoms with Crippen LogP contribution in [0.5, 0.6) is 17.2 Å². The van der Waals surface area contributed by atoms with Gasteiger partial charge in [0.1, 0.15) is 5.75 Å². The van der Waals surface area contributed by atoms with Gasteiger partial charge in [-0.1, -0.05) is 11.6 Å². The van der Waals surface area contributed by atoms with E-state index in [1.807, 2.05) is 0 Å². The summed E-state index contributed by atoms with van der Waals surface area (Å²) < 4.78 is 55.5. The van der Waals surface area contributed by atoms with E-state index in [9.17, 15) is 28.1 Å². The highest BCUT2D eigenvalue weighted by molar-refractivity contribution is 6.30. The molecule has 3 rings (SSSR count). The number of benzene rings is 2. The summed E-state index contributed by atoms with van der Waals surface area (Å²) in [5, 5.41) is 14.6. The summed E-state index contributed by atoms with van der Waals surface area (Å²) in [7, 11) is 1.17. The summed E-state index contributed by atoms with van der Waals surface area (Å²) in [6.07, 6.45) is -5.17. The van der Waals surface area contributed by atoms with Crippen molar-refractivity contribution in [3.63, 3.8) is 0 Å². The Balaban J connectivity index is 1.84. The number of non-ortho nitro benzene ring substituents is 1. The number of rotatable bonds is 4. The number of nitrogens with one attached hydrogen (secondary N) is 2. The molecule has 2 aromatic rings. The summed E-state index contributed by atoms with van der Waals surface area (Å²) in [6.45, 7) is 0. The van der Waals surface area contributed by atoms with Crippen molar-refractivity contribution in [1.29, 1.82) is 0 Å². The Bertz CT molecular complexity index is 987. The molecule has 0 fully saturated rings. The Morgan fingerprint density at radius 2 is 1.90 bits per heavy atom. The number of halogens is 4. The molecule has 0 radical (unpaired) electrons. The van der Waals surface area contributed by atoms with Gasteiger partial charge in [-0.25, -0.2) is 4.79 Å². The fourth-order valence-electron chi connectivity index (χ4n) is 2.41. The second-order valence-corrected chi connectivity index (χ2v) is 6.07. The first-order valence-corrected chi connectivity index (χ1v) is 8.08. The van der Waals surface area contributed by atoms with Gasteiger partial charge in [0.05, 0.1) is 23.8 Å². The van der Waals surface area contributed by atoms with Gasteiger partial charge in [-0.15, -0.1) is 0 Å². The van der Waals surface area contributed by atoms with Crippen LogP contribution in [0.3, 0.4) is 0 Å². The van der Waals surface area contributed by atoms with Crippen LogP contribution in [0.2, 0.25) is 5.02 Å². The van der Waals surface area contributed by atoms with Crippen LogP contribution in [-0.4, -0.2) is 30.2 Å². The lowest BCUT2D eigenvalue weighted by molar-refractivity contribution is -0.384. The van der Waals surface area contributed by atoms with Crippen molar-refractivity contribution >= 4 is 29.0 Å². The summed E-state index contributed by atoms with van der Waals surface area (Å²) in [4.78, 5) is 22.3. The number of carbonyl (C=O) groups is 1. The van der Waals surface area contributed by atoms with E-state index in [0.717, 1.165) is 30.3 Å². The summed E-state index contributed by atoms with van der Waals surface area (Å²) in [5.41, 5.74) is -0.458. The van der Waals surface area contributed by atoms with Gasteiger partial charge in [0.2, 0.25) is 0 Å². The van der Waals surface area contributed by atoms with E-state index in [-0.39, 0.29) is 33.6 Å². The van der Waals surface area contributed by atoms with Crippen molar-refractivity contribution in [2.24, 2.45) is 0 Å². The summed E-state index contributed by atoms with van der Waals surface area (Å²) >= 11 is 5.73. The number of nitrogens with zero attached hydrogens (tertiary/aromatic N) is 1. The van der Waals surface area contributed by atoms with Crippen LogP contribution < -0.4 is 24.8 Å². The zero-order valence-electron chi connectivity index (χ0n) is 14.4. The molecule has 1 atom stereocenters. The third-order valence-corrected chi connectivity index (χ3v) is 3.94. The minimum absolute atomic E-state index is 0.102. The monoisotopic (exact) mass is 433 g/mol. The molecule has 0 aromatic heterocycles. The molecule has 9 nitrogen and oxygen atoms in total. The lowest BCUT2D eigenvalue weighted by atomic mass is 10.2. The molecule has 0 unspecified atom stereocenters. The van der Waals surface area contributed by atoms with E-state index < -0.39 is 23.0 Å². The number of nitro groups is 1. The molecule has 0 bridgehead atoms. The fraction of sp³-hybridized carbons (Fsp3) is 0.188. The number of alkyl halides is 3. The minimum Gasteiger partial charge on any atom is -0.494 e. The molecule has 0 aliphatic carbocycles. The van der Waals surface area contributed by atoms with Gasteiger partial charge in [-0.3, -0.25) is 15.4 Å². The zero-order chi connectivity index (χ0) is 21.4. The first kappa shape index (κ1) is 20.3. The maximum Gasteiger partial charge on any atom is 0.492 e. The van der Waals surface area contributed by atoms with E-state index in [4.69, 9.17) is 25.8 Å². The Morgan fingerprint density at radius 1 is 1.21 bits per heavy atom. The van der Waals surface area contributed by atoms with Crippen LogP contribution in [-0.2, 0) is 0 Å². The van der Waals surface area contributed by atoms with Crippen molar-refractivity contribution in [2.75, 3.05) is 12.4 Å². The smallest absolute Gasteiger partial charge is 0.492 e. The van der Waals surface area contributed by atoms with Crippen LogP contribution in [0.25, 0.3) is 0 Å². The lowest BCUT2D eigenvalue weighted by Crippen LogP contribution is -2.65. The molecular formula is C16H11ClF3N3O6. The van der Waals surface area contributed by atoms with Crippen LogP contribution in [0.15, 0.2) is 36.4 Å². The highest BCUT2D eigenvalue weighted by Gasteiger charge is 2.65. The number of anilines is 1. The molecule has 1 heterocycles. The molecule has 0 saturated heterocycles. The van der Waals surface area contributed by atoms with Gasteiger partial charge in [0.25, 0.3) is 5.69 Å². The van der Waals surface area contributed by atoms with E-state index in [0.29, 0.717) is 0 Å². The Morgan fingerprint density at radius 3 is 2.52 bits per heavy atom. The van der Waals surface area contributed by atoms with Gasteiger partial charge in [0, 0.05) is 17.2 Å². The first-order valence-electron chi connectivity index (χ1n) is 7.70. The summed E-state index contributed by atoms with van der Waals surface area (Å²) in [6, 6.07) is 5.31. The Labute approximate surface area is 165 Å². The zero-order valence-corrected chi connectivity index (χ0v) is 15.1. The number of hydrogen-bond acceptors (Lipinski definition) is 6. The topological polar surface area (TPSA) is 112 Å². The second-order valence-electron chi connectivity index (χ2n) is 5.63. The molecule has 13 heteroatoms. The summed E-state index contributed by atoms with van der Waals surface area (Å²) in [5.74, 6) is -4.24. The molecule has 1 aliphatic heterocycles. The van der Waals surface area contributed by atoms with Gasteiger partial charge in [-0.05, 0) is 18.2 Å². The number of urea groups is 1. The molecule has 0 saturated carbocycles. The third kappa shape index (κ3) is 3.92. The van der Waals surface area contributed by atoms with Gasteiger partial charge in [0.15, 0.2) is 11.5 Å². The number of fused-ring (bicyclic) bond motifs is 1. The number of amides is 2. The highest BCUT2D eigenvalue weighted by Crippen LogP contribution is 2.46. The quantitative estimate of drug-likeness (QED) is 0.555. The maximum absolute atomic E-state index is 13.6. The molecule has 0 spiro atoms. The second kappa shape index (κ2) is 7.20. The number of carbonyl (C=O) groups excluding carboxylic acids is 1. The third-order valence-electron chi connectivity index (χ3n) is 3.71. The van der Waals surface area contributed by atoms with Crippen molar-refractivity contribution in [2.45, 2.75) is 12.1 Å². The van der Waals surface area contributed by atoms with Gasteiger partial charge < -0.3 is 19.5 Å². The molecule has 2 amide bonds. The Kier molecular flexibility index (Phi) is 5.05. The average molecular weight is 434 g/mol. The number of methoxy groups -OCH3 is 1. The van der Waals surface area contributed by atoms with Crippen molar-refractivity contribution in [1.82, 2.24) is 5.32 Å². The van der Waals surface area contributed by atoms with Crippen LogP contribution in [0.1, 0.15) is 0 Å². The molecule has 2 aromatic carbocycles. The standard InChI is InChI=1S/C16H11ClF3N3O6/c1-27-12-7-9(23(25)26)3-4-10(12)21-14(24)22-16(15(18,19)20)28-11-5-2-8(17)6-13(11)29-16/h2-7H,1H3,(H2,21,22,24)/t16-/m0/s1. The lowest BCUT2D eigenvalue weighted by Gasteiger charge is -2.29. The SMILES string of the molecule is COc1cc([N+](=O)[O-])ccc1NC(=O)N[C@@]1(C(F)(F)F)Oc2ccc(Cl)cc2O1. The highest BCUT2D eigenvalue weighted by atomic mass is 35.5. The molecular weight excluding hydrogens is 423 g/mol. The Hall–Kier alpha value is -3.41. The fourth-order valence-corrected chi connectivity index (χ4v) is 2.58. The predicted molar refractivity (Wildman–Crippen MR) is 93.3 cm³/mol. The molecule has 154 valence electrons. The first-order chi connectivity index (χ1) is 13.5. The van der Waals surface area contributed by atoms with Crippen LogP contribution in [0.4, 0.5) is 29.3 Å². The van der Waals surface area contributed by atoms with E-state index in [1.165, 1.54) is 13.2 Å². The van der Waals surface area contributed by atoms with Crippen LogP contribution >= 0.6 is 11.6 Å². The van der Waals surface area contributed by atoms with Crippen molar-refractivity contribution < 1.29 is 37.1 Å². The largest absolute Gasteiger partial charge is 0.494 e. The van der Waals surface area contributed by atoms with Crippen molar-refractivity contribution in [3.8, 4) is 17.2 Å². The van der Waals surface area contributed by atoms with Crippen molar-refractivity contribution in [3.05, 3.63) is 51.5 Å². The number of ether oxygens (including phenoxy) is 3. The van der Waals surface area contributed by atoms with E-state index in [1.54, 1.807) is 5.32 Å². The normalized spacial score (nSPS) is 17.6. The van der Waals surface area contributed by atoms with E-state index >= 15 is 0 Å². The van der Waals surface area contributed by atoms with Gasteiger partial charge >= 0.3 is 18.1 Å².